The molecule has 4 aromatic rings. The highest BCUT2D eigenvalue weighted by Crippen LogP contribution is 2.47. The molecule has 0 bridgehead atoms. The van der Waals surface area contributed by atoms with E-state index in [1.165, 1.54) is 23.8 Å². The molecule has 1 aliphatic heterocycles. The van der Waals surface area contributed by atoms with Crippen LogP contribution >= 0.6 is 23.2 Å². The van der Waals surface area contributed by atoms with Crippen LogP contribution in [0.4, 0.5) is 11.6 Å². The van der Waals surface area contributed by atoms with Crippen molar-refractivity contribution in [2.24, 2.45) is 0 Å². The molecule has 0 unspecified atom stereocenters. The van der Waals surface area contributed by atoms with Gasteiger partial charge >= 0.3 is 0 Å². The first kappa shape index (κ1) is 28.1. The smallest absolute Gasteiger partial charge is 0.270 e. The zero-order valence-corrected chi connectivity index (χ0v) is 24.9. The molecule has 0 radical (unpaired) electrons. The summed E-state index contributed by atoms with van der Waals surface area (Å²) in [6, 6.07) is 13.8. The molecule has 3 amide bonds. The largest absolute Gasteiger partial charge is 0.451 e. The van der Waals surface area contributed by atoms with E-state index in [-0.39, 0.29) is 29.9 Å². The van der Waals surface area contributed by atoms with Gasteiger partial charge in [-0.15, -0.1) is 0 Å². The van der Waals surface area contributed by atoms with Gasteiger partial charge in [0.2, 0.25) is 11.9 Å². The highest BCUT2D eigenvalue weighted by atomic mass is 35.5. The lowest BCUT2D eigenvalue weighted by molar-refractivity contribution is -0.125. The predicted molar refractivity (Wildman–Crippen MR) is 159 cm³/mol. The second-order valence-corrected chi connectivity index (χ2v) is 12.6. The quantitative estimate of drug-likeness (QED) is 0.286. The number of oxazole rings is 1. The van der Waals surface area contributed by atoms with Gasteiger partial charge < -0.3 is 15.1 Å². The van der Waals surface area contributed by atoms with E-state index in [2.05, 4.69) is 26.7 Å². The van der Waals surface area contributed by atoms with Gasteiger partial charge in [-0.25, -0.2) is 14.9 Å². The number of halogens is 2. The van der Waals surface area contributed by atoms with Gasteiger partial charge in [0.05, 0.1) is 29.1 Å². The van der Waals surface area contributed by atoms with E-state index in [1.54, 1.807) is 54.0 Å². The van der Waals surface area contributed by atoms with E-state index in [4.69, 9.17) is 27.6 Å². The van der Waals surface area contributed by atoms with Crippen LogP contribution in [0.1, 0.15) is 59.9 Å². The number of fused-ring (bicyclic) bond motifs is 1. The molecular weight excluding hydrogens is 605 g/mol. The third-order valence-corrected chi connectivity index (χ3v) is 9.07. The van der Waals surface area contributed by atoms with Crippen LogP contribution in [0.2, 0.25) is 10.0 Å². The van der Waals surface area contributed by atoms with Crippen LogP contribution in [-0.2, 0) is 27.1 Å². The van der Waals surface area contributed by atoms with E-state index >= 15 is 0 Å². The molecule has 2 fully saturated rings. The third kappa shape index (κ3) is 4.53. The molecule has 3 heterocycles. The molecule has 13 heteroatoms. The van der Waals surface area contributed by atoms with Gasteiger partial charge in [0, 0.05) is 16.5 Å². The Morgan fingerprint density at radius 2 is 1.75 bits per heavy atom. The number of benzene rings is 2. The minimum atomic E-state index is -1.30. The SMILES string of the molecule is C[C@@]1(Cc2ccc(C#N)cc2)C(=O)N(c2cc(Cl)cc(Cl)c2)c2ncc(C(=O)NC3(C(=O)NC4(c5cocn5)CC4)CC3)n21. The first-order valence-corrected chi connectivity index (χ1v) is 14.7. The topological polar surface area (TPSA) is 146 Å². The summed E-state index contributed by atoms with van der Waals surface area (Å²) >= 11 is 12.6. The number of anilines is 2. The number of rotatable bonds is 8. The summed E-state index contributed by atoms with van der Waals surface area (Å²) in [4.78, 5) is 51.8. The zero-order chi connectivity index (χ0) is 30.9. The van der Waals surface area contributed by atoms with Crippen molar-refractivity contribution in [3.8, 4) is 6.07 Å². The van der Waals surface area contributed by atoms with Gasteiger partial charge in [0.1, 0.15) is 28.7 Å². The van der Waals surface area contributed by atoms with Crippen LogP contribution in [0, 0.1) is 11.3 Å². The monoisotopic (exact) mass is 629 g/mol. The Labute approximate surface area is 261 Å². The van der Waals surface area contributed by atoms with Crippen molar-refractivity contribution in [3.63, 3.8) is 0 Å². The molecule has 1 atom stereocenters. The first-order chi connectivity index (χ1) is 21.1. The Morgan fingerprint density at radius 3 is 2.34 bits per heavy atom. The van der Waals surface area contributed by atoms with Crippen molar-refractivity contribution in [3.05, 3.63) is 93.9 Å². The third-order valence-electron chi connectivity index (χ3n) is 8.63. The molecule has 2 aromatic carbocycles. The van der Waals surface area contributed by atoms with Crippen molar-refractivity contribution < 1.29 is 18.8 Å². The van der Waals surface area contributed by atoms with Gasteiger partial charge in [-0.2, -0.15) is 5.26 Å². The molecule has 44 heavy (non-hydrogen) atoms. The van der Waals surface area contributed by atoms with Crippen molar-refractivity contribution in [2.75, 3.05) is 4.90 Å². The summed E-state index contributed by atoms with van der Waals surface area (Å²) in [7, 11) is 0. The maximum Gasteiger partial charge on any atom is 0.270 e. The van der Waals surface area contributed by atoms with Gasteiger partial charge in [-0.3, -0.25) is 19.0 Å². The molecule has 222 valence electrons. The second-order valence-electron chi connectivity index (χ2n) is 11.8. The molecule has 2 N–H and O–H groups in total. The van der Waals surface area contributed by atoms with Crippen LogP contribution in [0.3, 0.4) is 0 Å². The number of imidazole rings is 1. The number of nitrogens with one attached hydrogen (secondary N) is 2. The van der Waals surface area contributed by atoms with Crippen molar-refractivity contribution in [2.45, 2.75) is 55.6 Å². The molecule has 0 saturated heterocycles. The van der Waals surface area contributed by atoms with Crippen LogP contribution in [0.5, 0.6) is 0 Å². The average molecular weight is 630 g/mol. The minimum Gasteiger partial charge on any atom is -0.451 e. The van der Waals surface area contributed by atoms with Gasteiger partial charge in [0.15, 0.2) is 6.39 Å². The number of hydrogen-bond donors (Lipinski definition) is 2. The van der Waals surface area contributed by atoms with E-state index in [9.17, 15) is 19.6 Å². The Balaban J connectivity index is 1.23. The van der Waals surface area contributed by atoms with Gasteiger partial charge in [0.25, 0.3) is 11.8 Å². The normalized spacial score (nSPS) is 20.5. The highest BCUT2D eigenvalue weighted by molar-refractivity contribution is 6.35. The standard InChI is InChI=1S/C31H25Cl2N7O4/c1-29(13-18-2-4-19(14-34)5-3-18)27(43)39(22-11-20(32)10-21(33)12-22)28-35-15-23(40(28)29)25(41)37-31(8-9-31)26(42)38-30(6-7-30)24-16-44-17-36-24/h2-5,10-12,15-17H,6-9,13H2,1H3,(H,37,41)(H,38,42)/t29-/m1/s1. The number of carbonyl (C=O) groups excluding carboxylic acids is 3. The molecule has 2 aliphatic carbocycles. The fraction of sp³-hybridized carbons (Fsp3) is 0.290. The molecular formula is C31H25Cl2N7O4. The summed E-state index contributed by atoms with van der Waals surface area (Å²) in [5.74, 6) is -0.960. The number of carbonyl (C=O) groups is 3. The fourth-order valence-electron chi connectivity index (χ4n) is 5.90. The van der Waals surface area contributed by atoms with Crippen LogP contribution in [0.15, 0.2) is 65.7 Å². The van der Waals surface area contributed by atoms with Crippen LogP contribution < -0.4 is 15.5 Å². The summed E-state index contributed by atoms with van der Waals surface area (Å²) < 4.78 is 6.71. The molecule has 7 rings (SSSR count). The number of nitriles is 1. The minimum absolute atomic E-state index is 0.122. The Bertz CT molecular complexity index is 1850. The van der Waals surface area contributed by atoms with Crippen LogP contribution in [0.25, 0.3) is 0 Å². The van der Waals surface area contributed by atoms with E-state index in [1.807, 2.05) is 0 Å². The maximum absolute atomic E-state index is 14.3. The molecule has 3 aliphatic rings. The van der Waals surface area contributed by atoms with E-state index in [0.717, 1.165) is 18.4 Å². The summed E-state index contributed by atoms with van der Waals surface area (Å²) in [5.41, 5.74) is -0.546. The lowest BCUT2D eigenvalue weighted by Crippen LogP contribution is -2.52. The van der Waals surface area contributed by atoms with Gasteiger partial charge in [-0.05, 0) is 68.5 Å². The molecule has 2 aromatic heterocycles. The maximum atomic E-state index is 14.3. The summed E-state index contributed by atoms with van der Waals surface area (Å²) in [6.07, 6.45) is 6.83. The van der Waals surface area contributed by atoms with Crippen LogP contribution in [-0.4, -0.2) is 37.8 Å². The average Bonchev–Trinajstić information content (AvgIpc) is 3.79. The van der Waals surface area contributed by atoms with Crippen molar-refractivity contribution in [1.82, 2.24) is 25.2 Å². The Kier molecular flexibility index (Phi) is 6.35. The molecule has 2 saturated carbocycles. The number of amides is 3. The van der Waals surface area contributed by atoms with Crippen molar-refractivity contribution >= 4 is 52.6 Å². The van der Waals surface area contributed by atoms with Gasteiger partial charge in [-0.1, -0.05) is 35.3 Å². The summed E-state index contributed by atoms with van der Waals surface area (Å²) in [6.45, 7) is 1.73. The van der Waals surface area contributed by atoms with E-state index < -0.39 is 22.5 Å². The first-order valence-electron chi connectivity index (χ1n) is 14.0. The second kappa shape index (κ2) is 9.94. The predicted octanol–water partition coefficient (Wildman–Crippen LogP) is 4.75. The lowest BCUT2D eigenvalue weighted by Gasteiger charge is -2.27. The van der Waals surface area contributed by atoms with E-state index in [0.29, 0.717) is 39.8 Å². The number of nitrogens with zero attached hydrogens (tertiary/aromatic N) is 5. The molecule has 11 nitrogen and oxygen atoms in total. The Hall–Kier alpha value is -4.66. The lowest BCUT2D eigenvalue weighted by atomic mass is 9.91. The Morgan fingerprint density at radius 1 is 1.05 bits per heavy atom. The highest BCUT2D eigenvalue weighted by Gasteiger charge is 2.57. The summed E-state index contributed by atoms with van der Waals surface area (Å²) in [5, 5.41) is 15.9. The number of hydrogen-bond acceptors (Lipinski definition) is 7. The zero-order valence-electron chi connectivity index (χ0n) is 23.4. The molecule has 0 spiro atoms. The van der Waals surface area contributed by atoms with Crippen molar-refractivity contribution in [1.29, 1.82) is 5.26 Å². The fourth-order valence-corrected chi connectivity index (χ4v) is 6.41. The number of aromatic nitrogens is 3.